The second kappa shape index (κ2) is 9.92. The molecule has 3 amide bonds. The summed E-state index contributed by atoms with van der Waals surface area (Å²) in [6.07, 6.45) is 4.02. The van der Waals surface area contributed by atoms with Gasteiger partial charge in [0.2, 0.25) is 11.8 Å². The van der Waals surface area contributed by atoms with Crippen LogP contribution in [0.4, 0.5) is 15.8 Å². The first-order chi connectivity index (χ1) is 15.4. The molecule has 2 aromatic carbocycles. The van der Waals surface area contributed by atoms with Crippen molar-refractivity contribution in [3.05, 3.63) is 53.3 Å². The van der Waals surface area contributed by atoms with Crippen LogP contribution in [0.25, 0.3) is 0 Å². The molecule has 1 N–H and O–H groups in total. The smallest absolute Gasteiger partial charge is 0.250 e. The Morgan fingerprint density at radius 1 is 1.09 bits per heavy atom. The van der Waals surface area contributed by atoms with Gasteiger partial charge in [-0.2, -0.15) is 0 Å². The second-order valence-electron chi connectivity index (χ2n) is 7.81. The molecule has 9 heteroatoms. The average Bonchev–Trinajstić information content (AvgIpc) is 3.07. The van der Waals surface area contributed by atoms with E-state index in [4.69, 9.17) is 11.6 Å². The van der Waals surface area contributed by atoms with Gasteiger partial charge in [0.1, 0.15) is 12.4 Å². The maximum atomic E-state index is 13.4. The lowest BCUT2D eigenvalue weighted by Gasteiger charge is -2.34. The van der Waals surface area contributed by atoms with Crippen LogP contribution in [0.3, 0.4) is 0 Å². The number of rotatable bonds is 4. The van der Waals surface area contributed by atoms with Crippen LogP contribution in [0.2, 0.25) is 5.02 Å². The number of hydrogen-bond donors (Lipinski definition) is 1. The Hall–Kier alpha value is -2.58. The Balaban J connectivity index is 1.54. The lowest BCUT2D eigenvalue weighted by atomic mass is 10.2. The number of amides is 3. The average molecular weight is 476 g/mol. The SMILES string of the molecule is O=C(CN1C(=O)[C@@H](C(=O)N2CCCCCC2)Sc2ccccc21)Nc1ccc(F)c(Cl)c1. The number of thioether (sulfide) groups is 1. The van der Waals surface area contributed by atoms with Gasteiger partial charge in [-0.05, 0) is 43.2 Å². The molecule has 4 rings (SSSR count). The van der Waals surface area contributed by atoms with Gasteiger partial charge < -0.3 is 15.1 Å². The molecule has 0 radical (unpaired) electrons. The van der Waals surface area contributed by atoms with E-state index in [1.807, 2.05) is 12.1 Å². The molecule has 168 valence electrons. The minimum atomic E-state index is -0.920. The van der Waals surface area contributed by atoms with Gasteiger partial charge in [0.25, 0.3) is 5.91 Å². The minimum Gasteiger partial charge on any atom is -0.341 e. The highest BCUT2D eigenvalue weighted by molar-refractivity contribution is 8.01. The predicted molar refractivity (Wildman–Crippen MR) is 124 cm³/mol. The molecule has 0 bridgehead atoms. The quantitative estimate of drug-likeness (QED) is 0.668. The third-order valence-electron chi connectivity index (χ3n) is 5.54. The highest BCUT2D eigenvalue weighted by atomic mass is 35.5. The molecule has 0 aliphatic carbocycles. The third kappa shape index (κ3) is 4.91. The molecular weight excluding hydrogens is 453 g/mol. The maximum Gasteiger partial charge on any atom is 0.250 e. The van der Waals surface area contributed by atoms with Crippen LogP contribution in [0.15, 0.2) is 47.4 Å². The van der Waals surface area contributed by atoms with Gasteiger partial charge in [-0.15, -0.1) is 11.8 Å². The van der Waals surface area contributed by atoms with E-state index in [9.17, 15) is 18.8 Å². The topological polar surface area (TPSA) is 69.7 Å². The van der Waals surface area contributed by atoms with Crippen molar-refractivity contribution >= 4 is 52.5 Å². The molecular formula is C23H23ClFN3O3S. The largest absolute Gasteiger partial charge is 0.341 e. The number of carbonyl (C=O) groups excluding carboxylic acids is 3. The van der Waals surface area contributed by atoms with E-state index < -0.39 is 22.9 Å². The molecule has 32 heavy (non-hydrogen) atoms. The third-order valence-corrected chi connectivity index (χ3v) is 7.07. The van der Waals surface area contributed by atoms with Crippen molar-refractivity contribution < 1.29 is 18.8 Å². The van der Waals surface area contributed by atoms with Crippen molar-refractivity contribution in [1.29, 1.82) is 0 Å². The van der Waals surface area contributed by atoms with Crippen molar-refractivity contribution in [1.82, 2.24) is 4.90 Å². The van der Waals surface area contributed by atoms with Crippen LogP contribution >= 0.6 is 23.4 Å². The first-order valence-electron chi connectivity index (χ1n) is 10.5. The van der Waals surface area contributed by atoms with Crippen molar-refractivity contribution in [2.24, 2.45) is 0 Å². The van der Waals surface area contributed by atoms with Gasteiger partial charge in [-0.25, -0.2) is 4.39 Å². The van der Waals surface area contributed by atoms with E-state index in [1.54, 1.807) is 17.0 Å². The highest BCUT2D eigenvalue weighted by Gasteiger charge is 2.40. The van der Waals surface area contributed by atoms with E-state index in [-0.39, 0.29) is 17.5 Å². The number of anilines is 2. The number of benzene rings is 2. The van der Waals surface area contributed by atoms with Crippen molar-refractivity contribution in [2.45, 2.75) is 35.8 Å². The first kappa shape index (κ1) is 22.6. The number of nitrogens with one attached hydrogen (secondary N) is 1. The number of likely N-dealkylation sites (tertiary alicyclic amines) is 1. The summed E-state index contributed by atoms with van der Waals surface area (Å²) in [5, 5.41) is 1.61. The minimum absolute atomic E-state index is 0.110. The number of para-hydroxylation sites is 1. The Morgan fingerprint density at radius 2 is 1.81 bits per heavy atom. The van der Waals surface area contributed by atoms with E-state index in [1.165, 1.54) is 28.8 Å². The molecule has 0 aromatic heterocycles. The summed E-state index contributed by atoms with van der Waals surface area (Å²) in [5.41, 5.74) is 0.917. The maximum absolute atomic E-state index is 13.4. The molecule has 2 aliphatic heterocycles. The van der Waals surface area contributed by atoms with Crippen molar-refractivity contribution in [2.75, 3.05) is 29.9 Å². The van der Waals surface area contributed by atoms with Crippen LogP contribution in [-0.2, 0) is 14.4 Å². The molecule has 2 heterocycles. The zero-order valence-electron chi connectivity index (χ0n) is 17.4. The van der Waals surface area contributed by atoms with Gasteiger partial charge in [0.05, 0.1) is 10.7 Å². The lowest BCUT2D eigenvalue weighted by molar-refractivity contribution is -0.135. The Morgan fingerprint density at radius 3 is 2.53 bits per heavy atom. The Bertz CT molecular complexity index is 1040. The molecule has 2 aliphatic rings. The summed E-state index contributed by atoms with van der Waals surface area (Å²) in [6, 6.07) is 11.1. The number of hydrogen-bond acceptors (Lipinski definition) is 4. The fraction of sp³-hybridized carbons (Fsp3) is 0.348. The van der Waals surface area contributed by atoms with Crippen LogP contribution in [0.5, 0.6) is 0 Å². The molecule has 1 saturated heterocycles. The fourth-order valence-corrected chi connectivity index (χ4v) is 5.28. The molecule has 0 unspecified atom stereocenters. The summed E-state index contributed by atoms with van der Waals surface area (Å²) >= 11 is 7.02. The standard InChI is InChI=1S/C23H23ClFN3O3S/c24-16-13-15(9-10-17(16)25)26-20(29)14-28-18-7-3-4-8-19(18)32-21(23(28)31)22(30)27-11-5-1-2-6-12-27/h3-4,7-10,13,21H,1-2,5-6,11-12,14H2,(H,26,29)/t21-/m1/s1. The van der Waals surface area contributed by atoms with Gasteiger partial charge in [0.15, 0.2) is 5.25 Å². The summed E-state index contributed by atoms with van der Waals surface area (Å²) in [7, 11) is 0. The lowest BCUT2D eigenvalue weighted by Crippen LogP contribution is -2.51. The number of carbonyl (C=O) groups is 3. The zero-order chi connectivity index (χ0) is 22.7. The number of halogens is 2. The van der Waals surface area contributed by atoms with Crippen LogP contribution in [0, 0.1) is 5.82 Å². The Kier molecular flexibility index (Phi) is 7.01. The normalized spacial score (nSPS) is 18.7. The van der Waals surface area contributed by atoms with Crippen molar-refractivity contribution in [3.8, 4) is 0 Å². The summed E-state index contributed by atoms with van der Waals surface area (Å²) in [6.45, 7) is 1.03. The van der Waals surface area contributed by atoms with Gasteiger partial charge in [-0.3, -0.25) is 14.4 Å². The van der Waals surface area contributed by atoms with Gasteiger partial charge >= 0.3 is 0 Å². The molecule has 0 saturated carbocycles. The second-order valence-corrected chi connectivity index (χ2v) is 9.36. The summed E-state index contributed by atoms with van der Waals surface area (Å²) in [5.74, 6) is -1.66. The van der Waals surface area contributed by atoms with E-state index >= 15 is 0 Å². The van der Waals surface area contributed by atoms with Crippen LogP contribution in [-0.4, -0.2) is 47.5 Å². The van der Waals surface area contributed by atoms with Crippen molar-refractivity contribution in [3.63, 3.8) is 0 Å². The van der Waals surface area contributed by atoms with Crippen LogP contribution < -0.4 is 10.2 Å². The van der Waals surface area contributed by atoms with Crippen LogP contribution in [0.1, 0.15) is 25.7 Å². The molecule has 6 nitrogen and oxygen atoms in total. The van der Waals surface area contributed by atoms with E-state index in [0.717, 1.165) is 36.6 Å². The van der Waals surface area contributed by atoms with E-state index in [2.05, 4.69) is 5.32 Å². The number of fused-ring (bicyclic) bond motifs is 1. The van der Waals surface area contributed by atoms with E-state index in [0.29, 0.717) is 24.5 Å². The summed E-state index contributed by atoms with van der Waals surface area (Å²) < 4.78 is 13.4. The fourth-order valence-electron chi connectivity index (χ4n) is 3.91. The molecule has 2 aromatic rings. The monoisotopic (exact) mass is 475 g/mol. The van der Waals surface area contributed by atoms with Gasteiger partial charge in [-0.1, -0.05) is 36.6 Å². The summed E-state index contributed by atoms with van der Waals surface area (Å²) in [4.78, 5) is 43.2. The predicted octanol–water partition coefficient (Wildman–Crippen LogP) is 4.33. The highest BCUT2D eigenvalue weighted by Crippen LogP contribution is 2.40. The number of nitrogens with zero attached hydrogens (tertiary/aromatic N) is 2. The zero-order valence-corrected chi connectivity index (χ0v) is 18.9. The first-order valence-corrected chi connectivity index (χ1v) is 11.8. The molecule has 1 atom stereocenters. The molecule has 0 spiro atoms. The molecule has 1 fully saturated rings. The Labute approximate surface area is 195 Å². The van der Waals surface area contributed by atoms with Gasteiger partial charge in [0, 0.05) is 23.7 Å².